The Morgan fingerprint density at radius 2 is 1.64 bits per heavy atom. The lowest BCUT2D eigenvalue weighted by molar-refractivity contribution is -0.139. The van der Waals surface area contributed by atoms with Gasteiger partial charge in [0.25, 0.3) is 11.7 Å². The van der Waals surface area contributed by atoms with E-state index >= 15 is 0 Å². The highest BCUT2D eigenvalue weighted by Crippen LogP contribution is 2.39. The molecule has 1 aliphatic heterocycles. The third-order valence-electron chi connectivity index (χ3n) is 6.62. The fraction of sp³-hybridized carbons (Fsp3) is 0.172. The Morgan fingerprint density at radius 1 is 0.944 bits per heavy atom. The van der Waals surface area contributed by atoms with E-state index in [2.05, 4.69) is 4.98 Å². The fourth-order valence-electron chi connectivity index (χ4n) is 4.73. The van der Waals surface area contributed by atoms with E-state index in [1.165, 1.54) is 0 Å². The number of H-pyrrole nitrogens is 1. The number of rotatable bonds is 7. The van der Waals surface area contributed by atoms with Crippen LogP contribution in [0.4, 0.5) is 0 Å². The number of amides is 1. The number of aromatic nitrogens is 1. The lowest BCUT2D eigenvalue weighted by Gasteiger charge is -2.25. The number of ketones is 1. The fourth-order valence-corrected chi connectivity index (χ4v) is 4.73. The lowest BCUT2D eigenvalue weighted by Crippen LogP contribution is -2.31. The normalized spacial score (nSPS) is 17.1. The van der Waals surface area contributed by atoms with Crippen molar-refractivity contribution in [3.8, 4) is 11.5 Å². The molecular weight excluding hydrogens is 456 g/mol. The Labute approximate surface area is 208 Å². The predicted molar refractivity (Wildman–Crippen MR) is 137 cm³/mol. The van der Waals surface area contributed by atoms with E-state index in [9.17, 15) is 14.7 Å². The SMILES string of the molecule is COc1ccc(C(O)=C2C(=O)C(=O)N(CCc3c[nH]c4ccc(OC)cc34)[C@H]2c2ccccc2)cc1. The number of fused-ring (bicyclic) bond motifs is 1. The number of aliphatic hydroxyl groups is 1. The molecule has 5 rings (SSSR count). The van der Waals surface area contributed by atoms with Crippen LogP contribution in [0.25, 0.3) is 16.7 Å². The zero-order chi connectivity index (χ0) is 25.2. The minimum atomic E-state index is -0.701. The molecule has 1 saturated heterocycles. The molecule has 0 aliphatic carbocycles. The number of methoxy groups -OCH3 is 2. The third-order valence-corrected chi connectivity index (χ3v) is 6.62. The van der Waals surface area contributed by atoms with E-state index in [-0.39, 0.29) is 11.3 Å². The molecule has 0 radical (unpaired) electrons. The molecule has 182 valence electrons. The minimum absolute atomic E-state index is 0.0805. The van der Waals surface area contributed by atoms with Crippen molar-refractivity contribution in [1.29, 1.82) is 0 Å². The Bertz CT molecular complexity index is 1450. The topological polar surface area (TPSA) is 91.9 Å². The van der Waals surface area contributed by atoms with Crippen LogP contribution in [0, 0.1) is 0 Å². The summed E-state index contributed by atoms with van der Waals surface area (Å²) in [6, 6.07) is 21.1. The second-order valence-corrected chi connectivity index (χ2v) is 8.61. The summed E-state index contributed by atoms with van der Waals surface area (Å²) in [5.74, 6) is -0.159. The number of benzene rings is 3. The van der Waals surface area contributed by atoms with Crippen LogP contribution in [0.15, 0.2) is 84.6 Å². The van der Waals surface area contributed by atoms with Crippen molar-refractivity contribution in [2.24, 2.45) is 0 Å². The molecule has 1 atom stereocenters. The van der Waals surface area contributed by atoms with Crippen molar-refractivity contribution in [3.05, 3.63) is 101 Å². The van der Waals surface area contributed by atoms with Crippen LogP contribution < -0.4 is 9.47 Å². The average molecular weight is 483 g/mol. The molecule has 7 heteroatoms. The van der Waals surface area contributed by atoms with Crippen molar-refractivity contribution < 1.29 is 24.2 Å². The second-order valence-electron chi connectivity index (χ2n) is 8.61. The van der Waals surface area contributed by atoms with E-state index in [0.29, 0.717) is 24.3 Å². The van der Waals surface area contributed by atoms with E-state index in [1.807, 2.05) is 54.7 Å². The van der Waals surface area contributed by atoms with Gasteiger partial charge in [0.2, 0.25) is 0 Å². The molecule has 2 N–H and O–H groups in total. The smallest absolute Gasteiger partial charge is 0.295 e. The third kappa shape index (κ3) is 4.09. The molecule has 0 spiro atoms. The maximum Gasteiger partial charge on any atom is 0.295 e. The highest BCUT2D eigenvalue weighted by atomic mass is 16.5. The number of hydrogen-bond donors (Lipinski definition) is 2. The van der Waals surface area contributed by atoms with Crippen molar-refractivity contribution in [3.63, 3.8) is 0 Å². The van der Waals surface area contributed by atoms with E-state index < -0.39 is 17.7 Å². The van der Waals surface area contributed by atoms with E-state index in [4.69, 9.17) is 9.47 Å². The van der Waals surface area contributed by atoms with Gasteiger partial charge in [0.15, 0.2) is 0 Å². The zero-order valence-electron chi connectivity index (χ0n) is 20.0. The highest BCUT2D eigenvalue weighted by Gasteiger charge is 2.45. The summed E-state index contributed by atoms with van der Waals surface area (Å²) in [7, 11) is 3.18. The summed E-state index contributed by atoms with van der Waals surface area (Å²) in [6.07, 6.45) is 2.43. The summed E-state index contributed by atoms with van der Waals surface area (Å²) < 4.78 is 10.6. The molecular formula is C29H26N2O5. The van der Waals surface area contributed by atoms with Gasteiger partial charge in [0.1, 0.15) is 17.3 Å². The van der Waals surface area contributed by atoms with Crippen molar-refractivity contribution in [2.75, 3.05) is 20.8 Å². The average Bonchev–Trinajstić information content (AvgIpc) is 3.44. The second kappa shape index (κ2) is 9.62. The maximum atomic E-state index is 13.2. The summed E-state index contributed by atoms with van der Waals surface area (Å²) in [6.45, 7) is 0.299. The Balaban J connectivity index is 1.53. The molecule has 1 aliphatic rings. The number of ether oxygens (including phenoxy) is 2. The monoisotopic (exact) mass is 482 g/mol. The van der Waals surface area contributed by atoms with Gasteiger partial charge < -0.3 is 24.5 Å². The van der Waals surface area contributed by atoms with Crippen LogP contribution in [0.1, 0.15) is 22.7 Å². The van der Waals surface area contributed by atoms with Gasteiger partial charge in [-0.1, -0.05) is 30.3 Å². The van der Waals surface area contributed by atoms with E-state index in [0.717, 1.165) is 27.8 Å². The number of hydrogen-bond acceptors (Lipinski definition) is 5. The molecule has 1 aromatic heterocycles. The molecule has 1 amide bonds. The Kier molecular flexibility index (Phi) is 6.21. The number of carbonyl (C=O) groups excluding carboxylic acids is 2. The van der Waals surface area contributed by atoms with Crippen LogP contribution in [0.3, 0.4) is 0 Å². The van der Waals surface area contributed by atoms with Gasteiger partial charge in [-0.2, -0.15) is 0 Å². The van der Waals surface area contributed by atoms with Crippen LogP contribution in [-0.2, 0) is 16.0 Å². The number of likely N-dealkylation sites (tertiary alicyclic amines) is 1. The number of nitrogens with one attached hydrogen (secondary N) is 1. The van der Waals surface area contributed by atoms with Crippen LogP contribution in [0.2, 0.25) is 0 Å². The van der Waals surface area contributed by atoms with Crippen molar-refractivity contribution in [1.82, 2.24) is 9.88 Å². The largest absolute Gasteiger partial charge is 0.507 e. The van der Waals surface area contributed by atoms with Crippen LogP contribution >= 0.6 is 0 Å². The number of aliphatic hydroxyl groups excluding tert-OH is 1. The van der Waals surface area contributed by atoms with Crippen molar-refractivity contribution in [2.45, 2.75) is 12.5 Å². The molecule has 2 heterocycles. The standard InChI is InChI=1S/C29H26N2O5/c1-35-21-10-8-19(9-11-21)27(32)25-26(18-6-4-3-5-7-18)31(29(34)28(25)33)15-14-20-17-30-24-13-12-22(36-2)16-23(20)24/h3-13,16-17,26,30,32H,14-15H2,1-2H3/t26-/m0/s1. The number of nitrogens with zero attached hydrogens (tertiary/aromatic N) is 1. The van der Waals surface area contributed by atoms with Gasteiger partial charge >= 0.3 is 0 Å². The van der Waals surface area contributed by atoms with Gasteiger partial charge in [-0.25, -0.2) is 0 Å². The molecule has 1 fully saturated rings. The number of aromatic amines is 1. The molecule has 36 heavy (non-hydrogen) atoms. The van der Waals surface area contributed by atoms with Crippen LogP contribution in [-0.4, -0.2) is 47.4 Å². The summed E-state index contributed by atoms with van der Waals surface area (Å²) in [5.41, 5.74) is 3.25. The molecule has 0 unspecified atom stereocenters. The predicted octanol–water partition coefficient (Wildman–Crippen LogP) is 4.85. The van der Waals surface area contributed by atoms with Gasteiger partial charge in [-0.3, -0.25) is 9.59 Å². The summed E-state index contributed by atoms with van der Waals surface area (Å²) in [4.78, 5) is 31.3. The maximum absolute atomic E-state index is 13.2. The van der Waals surface area contributed by atoms with Crippen LogP contribution in [0.5, 0.6) is 11.5 Å². The molecule has 7 nitrogen and oxygen atoms in total. The quantitative estimate of drug-likeness (QED) is 0.223. The van der Waals surface area contributed by atoms with Gasteiger partial charge in [0.05, 0.1) is 25.8 Å². The van der Waals surface area contributed by atoms with Gasteiger partial charge in [-0.15, -0.1) is 0 Å². The molecule has 4 aromatic rings. The molecule has 0 bridgehead atoms. The lowest BCUT2D eigenvalue weighted by atomic mass is 9.95. The zero-order valence-corrected chi connectivity index (χ0v) is 20.0. The minimum Gasteiger partial charge on any atom is -0.507 e. The Morgan fingerprint density at radius 3 is 2.33 bits per heavy atom. The molecule has 0 saturated carbocycles. The first-order valence-corrected chi connectivity index (χ1v) is 11.6. The first-order chi connectivity index (χ1) is 17.5. The van der Waals surface area contributed by atoms with Gasteiger partial charge in [-0.05, 0) is 60.0 Å². The van der Waals surface area contributed by atoms with E-state index in [1.54, 1.807) is 43.4 Å². The summed E-state index contributed by atoms with van der Waals surface area (Å²) in [5, 5.41) is 12.2. The first-order valence-electron chi connectivity index (χ1n) is 11.6. The van der Waals surface area contributed by atoms with Crippen molar-refractivity contribution >= 4 is 28.4 Å². The van der Waals surface area contributed by atoms with Gasteiger partial charge in [0, 0.05) is 29.2 Å². The Hall–Kier alpha value is -4.52. The highest BCUT2D eigenvalue weighted by molar-refractivity contribution is 6.46. The number of Topliss-reactive ketones (excluding diaryl/α,β-unsaturated/α-hetero) is 1. The first kappa shape index (κ1) is 23.2. The summed E-state index contributed by atoms with van der Waals surface area (Å²) >= 11 is 0. The molecule has 3 aromatic carbocycles. The number of carbonyl (C=O) groups is 2.